The summed E-state index contributed by atoms with van der Waals surface area (Å²) in [5.41, 5.74) is 1.52. The van der Waals surface area contributed by atoms with Crippen LogP contribution >= 0.6 is 34.8 Å². The maximum Gasteiger partial charge on any atom is 0.138 e. The van der Waals surface area contributed by atoms with Crippen molar-refractivity contribution in [2.75, 3.05) is 5.32 Å². The highest BCUT2D eigenvalue weighted by Gasteiger charge is 2.06. The van der Waals surface area contributed by atoms with E-state index >= 15 is 0 Å². The summed E-state index contributed by atoms with van der Waals surface area (Å²) in [5, 5.41) is 4.61. The van der Waals surface area contributed by atoms with Crippen molar-refractivity contribution in [2.24, 2.45) is 0 Å². The first-order valence-electron chi connectivity index (χ1n) is 4.76. The molecule has 0 unspecified atom stereocenters. The number of benzene rings is 1. The van der Waals surface area contributed by atoms with Gasteiger partial charge in [0.1, 0.15) is 17.3 Å². The molecule has 1 aromatic carbocycles. The lowest BCUT2D eigenvalue weighted by Gasteiger charge is -2.09. The Hall–Kier alpha value is -1.03. The summed E-state index contributed by atoms with van der Waals surface area (Å²) in [5.74, 6) is 0.628. The zero-order valence-electron chi connectivity index (χ0n) is 8.84. The SMILES string of the molecule is Cc1c(Cl)ncnc1Nc1cc(Cl)cc(Cl)c1. The van der Waals surface area contributed by atoms with Gasteiger partial charge in [0.05, 0.1) is 0 Å². The molecule has 0 aliphatic heterocycles. The first-order chi connectivity index (χ1) is 8.06. The van der Waals surface area contributed by atoms with Gasteiger partial charge in [-0.15, -0.1) is 0 Å². The second kappa shape index (κ2) is 5.08. The van der Waals surface area contributed by atoms with Crippen LogP contribution in [-0.4, -0.2) is 9.97 Å². The molecule has 0 amide bonds. The Kier molecular flexibility index (Phi) is 3.72. The fraction of sp³-hybridized carbons (Fsp3) is 0.0909. The van der Waals surface area contributed by atoms with E-state index < -0.39 is 0 Å². The van der Waals surface area contributed by atoms with Gasteiger partial charge in [-0.2, -0.15) is 0 Å². The Morgan fingerprint density at radius 3 is 2.29 bits per heavy atom. The van der Waals surface area contributed by atoms with E-state index in [4.69, 9.17) is 34.8 Å². The van der Waals surface area contributed by atoms with Gasteiger partial charge in [0.25, 0.3) is 0 Å². The van der Waals surface area contributed by atoms with E-state index in [1.807, 2.05) is 6.92 Å². The van der Waals surface area contributed by atoms with Crippen molar-refractivity contribution >= 4 is 46.3 Å². The van der Waals surface area contributed by atoms with Gasteiger partial charge in [0, 0.05) is 21.3 Å². The first-order valence-corrected chi connectivity index (χ1v) is 5.90. The number of nitrogens with zero attached hydrogens (tertiary/aromatic N) is 2. The van der Waals surface area contributed by atoms with Crippen molar-refractivity contribution in [1.29, 1.82) is 0 Å². The molecule has 0 fully saturated rings. The Bertz CT molecular complexity index is 537. The van der Waals surface area contributed by atoms with Crippen LogP contribution in [0.15, 0.2) is 24.5 Å². The minimum absolute atomic E-state index is 0.413. The van der Waals surface area contributed by atoms with Crippen LogP contribution in [0.1, 0.15) is 5.56 Å². The van der Waals surface area contributed by atoms with Crippen LogP contribution in [0.4, 0.5) is 11.5 Å². The van der Waals surface area contributed by atoms with E-state index in [2.05, 4.69) is 15.3 Å². The van der Waals surface area contributed by atoms with Gasteiger partial charge in [0.2, 0.25) is 0 Å². The summed E-state index contributed by atoms with van der Waals surface area (Å²) < 4.78 is 0. The molecule has 0 saturated heterocycles. The smallest absolute Gasteiger partial charge is 0.138 e. The van der Waals surface area contributed by atoms with Crippen molar-refractivity contribution in [3.63, 3.8) is 0 Å². The van der Waals surface area contributed by atoms with Gasteiger partial charge in [-0.3, -0.25) is 0 Å². The molecule has 1 heterocycles. The highest BCUT2D eigenvalue weighted by molar-refractivity contribution is 6.35. The molecule has 6 heteroatoms. The molecule has 0 aliphatic carbocycles. The summed E-state index contributed by atoms with van der Waals surface area (Å²) in [6.07, 6.45) is 1.39. The summed E-state index contributed by atoms with van der Waals surface area (Å²) in [7, 11) is 0. The van der Waals surface area contributed by atoms with E-state index in [0.717, 1.165) is 11.3 Å². The standard InChI is InChI=1S/C11H8Cl3N3/c1-6-10(14)15-5-16-11(6)17-9-3-7(12)2-8(13)4-9/h2-5H,1H3,(H,15,16,17). The minimum Gasteiger partial charge on any atom is -0.340 e. The first kappa shape index (κ1) is 12.4. The van der Waals surface area contributed by atoms with Crippen molar-refractivity contribution in [1.82, 2.24) is 9.97 Å². The van der Waals surface area contributed by atoms with Crippen molar-refractivity contribution < 1.29 is 0 Å². The number of anilines is 2. The Balaban J connectivity index is 2.34. The molecule has 88 valence electrons. The van der Waals surface area contributed by atoms with Crippen LogP contribution in [0.2, 0.25) is 15.2 Å². The third-order valence-corrected chi connectivity index (χ3v) is 2.97. The average molecular weight is 289 g/mol. The number of halogens is 3. The molecule has 0 bridgehead atoms. The average Bonchev–Trinajstić information content (AvgIpc) is 2.23. The molecule has 0 saturated carbocycles. The molecule has 0 atom stereocenters. The zero-order valence-corrected chi connectivity index (χ0v) is 11.1. The van der Waals surface area contributed by atoms with Gasteiger partial charge < -0.3 is 5.32 Å². The van der Waals surface area contributed by atoms with Crippen molar-refractivity contribution in [3.8, 4) is 0 Å². The van der Waals surface area contributed by atoms with E-state index in [-0.39, 0.29) is 0 Å². The zero-order chi connectivity index (χ0) is 12.4. The van der Waals surface area contributed by atoms with Gasteiger partial charge in [-0.1, -0.05) is 34.8 Å². The number of hydrogen-bond donors (Lipinski definition) is 1. The highest BCUT2D eigenvalue weighted by Crippen LogP contribution is 2.26. The monoisotopic (exact) mass is 287 g/mol. The second-order valence-corrected chi connectivity index (χ2v) is 4.65. The molecule has 0 radical (unpaired) electrons. The second-order valence-electron chi connectivity index (χ2n) is 3.42. The quantitative estimate of drug-likeness (QED) is 0.827. The third kappa shape index (κ3) is 3.00. The van der Waals surface area contributed by atoms with Gasteiger partial charge >= 0.3 is 0 Å². The Labute approximate surface area is 114 Å². The number of hydrogen-bond acceptors (Lipinski definition) is 3. The summed E-state index contributed by atoms with van der Waals surface area (Å²) in [4.78, 5) is 7.98. The number of nitrogens with one attached hydrogen (secondary N) is 1. The summed E-state index contributed by atoms with van der Waals surface area (Å²) in [6, 6.07) is 5.17. The molecular formula is C11H8Cl3N3. The molecule has 0 aliphatic rings. The summed E-state index contributed by atoms with van der Waals surface area (Å²) in [6.45, 7) is 1.83. The van der Waals surface area contributed by atoms with Crippen molar-refractivity contribution in [2.45, 2.75) is 6.92 Å². The highest BCUT2D eigenvalue weighted by atomic mass is 35.5. The minimum atomic E-state index is 0.413. The van der Waals surface area contributed by atoms with Gasteiger partial charge in [-0.05, 0) is 25.1 Å². The lowest BCUT2D eigenvalue weighted by molar-refractivity contribution is 1.13. The van der Waals surface area contributed by atoms with Gasteiger partial charge in [0.15, 0.2) is 0 Å². The predicted molar refractivity (Wildman–Crippen MR) is 71.5 cm³/mol. The molecule has 2 rings (SSSR count). The molecule has 1 aromatic heterocycles. The molecule has 1 N–H and O–H groups in total. The van der Waals surface area contributed by atoms with E-state index in [1.165, 1.54) is 6.33 Å². The maximum absolute atomic E-state index is 5.90. The predicted octanol–water partition coefficient (Wildman–Crippen LogP) is 4.49. The molecular weight excluding hydrogens is 281 g/mol. The molecule has 0 spiro atoms. The third-order valence-electron chi connectivity index (χ3n) is 2.15. The fourth-order valence-corrected chi connectivity index (χ4v) is 1.98. The number of rotatable bonds is 2. The lowest BCUT2D eigenvalue weighted by atomic mass is 10.3. The van der Waals surface area contributed by atoms with Gasteiger partial charge in [-0.25, -0.2) is 9.97 Å². The Morgan fingerprint density at radius 1 is 1.00 bits per heavy atom. The largest absolute Gasteiger partial charge is 0.340 e. The van der Waals surface area contributed by atoms with Crippen molar-refractivity contribution in [3.05, 3.63) is 45.3 Å². The van der Waals surface area contributed by atoms with Crippen LogP contribution in [0.3, 0.4) is 0 Å². The normalized spacial score (nSPS) is 10.4. The summed E-state index contributed by atoms with van der Waals surface area (Å²) >= 11 is 17.7. The van der Waals surface area contributed by atoms with Crippen LogP contribution in [0, 0.1) is 6.92 Å². The van der Waals surface area contributed by atoms with Crippen LogP contribution < -0.4 is 5.32 Å². The molecule has 2 aromatic rings. The lowest BCUT2D eigenvalue weighted by Crippen LogP contribution is -1.98. The van der Waals surface area contributed by atoms with E-state index in [0.29, 0.717) is 21.0 Å². The molecule has 17 heavy (non-hydrogen) atoms. The fourth-order valence-electron chi connectivity index (χ4n) is 1.32. The van der Waals surface area contributed by atoms with Crippen LogP contribution in [-0.2, 0) is 0 Å². The topological polar surface area (TPSA) is 37.8 Å². The van der Waals surface area contributed by atoms with E-state index in [1.54, 1.807) is 18.2 Å². The molecule has 3 nitrogen and oxygen atoms in total. The maximum atomic E-state index is 5.90. The number of aromatic nitrogens is 2. The van der Waals surface area contributed by atoms with E-state index in [9.17, 15) is 0 Å². The Morgan fingerprint density at radius 2 is 1.65 bits per heavy atom. The van der Waals surface area contributed by atoms with Crippen LogP contribution in [0.25, 0.3) is 0 Å². The van der Waals surface area contributed by atoms with Crippen LogP contribution in [0.5, 0.6) is 0 Å².